The van der Waals surface area contributed by atoms with Gasteiger partial charge in [0.15, 0.2) is 5.84 Å². The summed E-state index contributed by atoms with van der Waals surface area (Å²) < 4.78 is 27.3. The third-order valence-corrected chi connectivity index (χ3v) is 4.43. The number of amidine groups is 1. The maximum atomic E-state index is 11.9. The Morgan fingerprint density at radius 3 is 2.74 bits per heavy atom. The Bertz CT molecular complexity index is 951. The number of hydrazone groups is 1. The molecule has 116 valence electrons. The summed E-state index contributed by atoms with van der Waals surface area (Å²) in [5.74, 6) is 0.113. The fourth-order valence-electron chi connectivity index (χ4n) is 2.07. The van der Waals surface area contributed by atoms with Crippen LogP contribution in [0.2, 0.25) is 0 Å². The summed E-state index contributed by atoms with van der Waals surface area (Å²) in [6.45, 7) is 0. The second kappa shape index (κ2) is 5.61. The molecule has 2 aromatic carbocycles. The van der Waals surface area contributed by atoms with Crippen LogP contribution in [0.25, 0.3) is 0 Å². The van der Waals surface area contributed by atoms with Gasteiger partial charge in [-0.2, -0.15) is 13.5 Å². The van der Waals surface area contributed by atoms with Gasteiger partial charge in [0, 0.05) is 23.3 Å². The number of sulfonamides is 1. The van der Waals surface area contributed by atoms with Gasteiger partial charge in [0.2, 0.25) is 0 Å². The molecule has 0 aliphatic carbocycles. The van der Waals surface area contributed by atoms with Gasteiger partial charge in [-0.05, 0) is 12.1 Å². The summed E-state index contributed by atoms with van der Waals surface area (Å²) in [4.78, 5) is 10.3. The minimum atomic E-state index is -3.71. The van der Waals surface area contributed by atoms with Crippen LogP contribution in [0.5, 0.6) is 0 Å². The minimum absolute atomic E-state index is 0.0555. The molecule has 2 aromatic rings. The van der Waals surface area contributed by atoms with Crippen LogP contribution in [-0.2, 0) is 10.0 Å². The Morgan fingerprint density at radius 2 is 1.96 bits per heavy atom. The smallest absolute Gasteiger partial charge is 0.260 e. The second-order valence-corrected chi connectivity index (χ2v) is 6.21. The topological polar surface area (TPSA) is 114 Å². The maximum Gasteiger partial charge on any atom is 0.285 e. The first kappa shape index (κ1) is 14.9. The zero-order valence-corrected chi connectivity index (χ0v) is 12.4. The third kappa shape index (κ3) is 2.94. The molecule has 9 heteroatoms. The highest BCUT2D eigenvalue weighted by molar-refractivity contribution is 7.90. The molecule has 0 aromatic heterocycles. The van der Waals surface area contributed by atoms with Gasteiger partial charge in [-0.3, -0.25) is 15.5 Å². The van der Waals surface area contributed by atoms with Crippen molar-refractivity contribution in [2.75, 3.05) is 0 Å². The Labute approximate surface area is 131 Å². The molecule has 0 saturated carbocycles. The Morgan fingerprint density at radius 1 is 1.17 bits per heavy atom. The maximum absolute atomic E-state index is 11.9. The van der Waals surface area contributed by atoms with Gasteiger partial charge in [-0.15, -0.1) is 4.40 Å². The number of nitrogens with one attached hydrogen (secondary N) is 1. The molecule has 0 atom stereocenters. The molecular weight excluding hydrogens is 320 g/mol. The number of rotatable bonds is 3. The average Bonchev–Trinajstić information content (AvgIpc) is 2.79. The molecule has 1 aliphatic rings. The van der Waals surface area contributed by atoms with E-state index in [0.717, 1.165) is 0 Å². The molecule has 0 fully saturated rings. The van der Waals surface area contributed by atoms with Gasteiger partial charge in [0.05, 0.1) is 11.1 Å². The number of fused-ring (bicyclic) bond motifs is 1. The quantitative estimate of drug-likeness (QED) is 0.522. The van der Waals surface area contributed by atoms with Crippen LogP contribution in [0, 0.1) is 10.1 Å². The monoisotopic (exact) mass is 330 g/mol. The van der Waals surface area contributed by atoms with Gasteiger partial charge in [-0.1, -0.05) is 24.3 Å². The highest BCUT2D eigenvalue weighted by atomic mass is 32.2. The number of non-ortho nitro benzene ring substituents is 1. The van der Waals surface area contributed by atoms with E-state index in [2.05, 4.69) is 14.9 Å². The van der Waals surface area contributed by atoms with Gasteiger partial charge in [0.1, 0.15) is 4.90 Å². The first-order valence-electron chi connectivity index (χ1n) is 6.45. The molecule has 0 spiro atoms. The predicted octanol–water partition coefficient (Wildman–Crippen LogP) is 1.67. The lowest BCUT2D eigenvalue weighted by molar-refractivity contribution is -0.384. The molecule has 1 N–H and O–H groups in total. The molecule has 23 heavy (non-hydrogen) atoms. The number of hydrogen-bond acceptors (Lipinski definition) is 6. The first-order valence-corrected chi connectivity index (χ1v) is 7.89. The minimum Gasteiger partial charge on any atom is -0.260 e. The van der Waals surface area contributed by atoms with E-state index in [9.17, 15) is 18.5 Å². The Kier molecular flexibility index (Phi) is 3.62. The lowest BCUT2D eigenvalue weighted by Gasteiger charge is -2.00. The second-order valence-electron chi connectivity index (χ2n) is 4.63. The highest BCUT2D eigenvalue weighted by Gasteiger charge is 2.28. The Hall–Kier alpha value is -3.07. The van der Waals surface area contributed by atoms with Crippen molar-refractivity contribution in [3.63, 3.8) is 0 Å². The normalized spacial score (nSPS) is 15.2. The SMILES string of the molecule is O=[N+]([O-])c1cccc(/C=N/NC2=NS(=O)(=O)c3ccccc32)c1. The van der Waals surface area contributed by atoms with E-state index in [0.29, 0.717) is 11.1 Å². The van der Waals surface area contributed by atoms with E-state index >= 15 is 0 Å². The van der Waals surface area contributed by atoms with Crippen LogP contribution < -0.4 is 5.43 Å². The summed E-state index contributed by atoms with van der Waals surface area (Å²) in [6, 6.07) is 12.3. The van der Waals surface area contributed by atoms with Gasteiger partial charge in [0.25, 0.3) is 15.7 Å². The van der Waals surface area contributed by atoms with Crippen LogP contribution in [0.3, 0.4) is 0 Å². The first-order chi connectivity index (χ1) is 11.0. The molecule has 1 heterocycles. The van der Waals surface area contributed by atoms with Crippen molar-refractivity contribution in [2.24, 2.45) is 9.50 Å². The van der Waals surface area contributed by atoms with Crippen molar-refractivity contribution in [1.82, 2.24) is 5.43 Å². The summed E-state index contributed by atoms with van der Waals surface area (Å²) in [5, 5.41) is 14.6. The van der Waals surface area contributed by atoms with Crippen molar-refractivity contribution in [3.05, 3.63) is 69.8 Å². The van der Waals surface area contributed by atoms with Crippen LogP contribution >= 0.6 is 0 Å². The summed E-state index contributed by atoms with van der Waals surface area (Å²) >= 11 is 0. The van der Waals surface area contributed by atoms with E-state index < -0.39 is 14.9 Å². The van der Waals surface area contributed by atoms with Crippen molar-refractivity contribution < 1.29 is 13.3 Å². The zero-order chi connectivity index (χ0) is 16.4. The predicted molar refractivity (Wildman–Crippen MR) is 84.0 cm³/mol. The number of nitro groups is 1. The standard InChI is InChI=1S/C14H10N4O4S/c19-18(20)11-5-3-4-10(8-11)9-15-16-14-12-6-1-2-7-13(12)23(21,22)17-14/h1-9H,(H,16,17)/b15-9+. The lowest BCUT2D eigenvalue weighted by Crippen LogP contribution is -2.17. The lowest BCUT2D eigenvalue weighted by atomic mass is 10.2. The summed E-state index contributed by atoms with van der Waals surface area (Å²) in [6.07, 6.45) is 1.35. The molecule has 0 radical (unpaired) electrons. The van der Waals surface area contributed by atoms with Crippen molar-refractivity contribution in [1.29, 1.82) is 0 Å². The van der Waals surface area contributed by atoms with Gasteiger partial charge >= 0.3 is 0 Å². The van der Waals surface area contributed by atoms with Crippen molar-refractivity contribution >= 4 is 27.8 Å². The van der Waals surface area contributed by atoms with E-state index in [1.807, 2.05) is 0 Å². The van der Waals surface area contributed by atoms with Crippen molar-refractivity contribution in [3.8, 4) is 0 Å². The number of nitrogens with zero attached hydrogens (tertiary/aromatic N) is 3. The average molecular weight is 330 g/mol. The van der Waals surface area contributed by atoms with Gasteiger partial charge in [-0.25, -0.2) is 0 Å². The Balaban J connectivity index is 1.82. The fourth-order valence-corrected chi connectivity index (χ4v) is 3.24. The zero-order valence-electron chi connectivity index (χ0n) is 11.6. The third-order valence-electron chi connectivity index (χ3n) is 3.10. The molecular formula is C14H10N4O4S. The van der Waals surface area contributed by atoms with Crippen LogP contribution in [-0.4, -0.2) is 25.4 Å². The van der Waals surface area contributed by atoms with Crippen LogP contribution in [0.15, 0.2) is 62.9 Å². The van der Waals surface area contributed by atoms with E-state index in [4.69, 9.17) is 0 Å². The molecule has 0 unspecified atom stereocenters. The highest BCUT2D eigenvalue weighted by Crippen LogP contribution is 2.24. The van der Waals surface area contributed by atoms with Crippen LogP contribution in [0.1, 0.15) is 11.1 Å². The number of benzene rings is 2. The number of nitro benzene ring substituents is 1. The molecule has 0 amide bonds. The van der Waals surface area contributed by atoms with E-state index in [1.165, 1.54) is 30.5 Å². The molecule has 3 rings (SSSR count). The molecule has 1 aliphatic heterocycles. The molecule has 0 bridgehead atoms. The van der Waals surface area contributed by atoms with Crippen LogP contribution in [0.4, 0.5) is 5.69 Å². The number of hydrogen-bond donors (Lipinski definition) is 1. The molecule has 0 saturated heterocycles. The van der Waals surface area contributed by atoms with E-state index in [1.54, 1.807) is 24.3 Å². The summed E-state index contributed by atoms with van der Waals surface area (Å²) in [7, 11) is -3.71. The summed E-state index contributed by atoms with van der Waals surface area (Å²) in [5.41, 5.74) is 3.44. The van der Waals surface area contributed by atoms with Crippen molar-refractivity contribution in [2.45, 2.75) is 4.90 Å². The van der Waals surface area contributed by atoms with Gasteiger partial charge < -0.3 is 0 Å². The fraction of sp³-hybridized carbons (Fsp3) is 0. The largest absolute Gasteiger partial charge is 0.285 e. The van der Waals surface area contributed by atoms with E-state index in [-0.39, 0.29) is 16.4 Å². The molecule has 8 nitrogen and oxygen atoms in total.